The van der Waals surface area contributed by atoms with Crippen LogP contribution in [-0.4, -0.2) is 46.5 Å². The Balaban J connectivity index is 2.78. The van der Waals surface area contributed by atoms with E-state index in [-0.39, 0.29) is 12.0 Å². The maximum atomic E-state index is 9.44. The van der Waals surface area contributed by atoms with Crippen molar-refractivity contribution in [3.05, 3.63) is 16.9 Å². The smallest absolute Gasteiger partial charge is 0.0820 e. The standard InChI is InChI=1S/C12H22ClN3O/c1-9(7-10(2)17)12-11(13)8-14-16(12)6-5-15(3)4/h8-10,17H,5-7H2,1-4H3. The first-order valence-corrected chi connectivity index (χ1v) is 6.33. The molecule has 98 valence electrons. The highest BCUT2D eigenvalue weighted by atomic mass is 35.5. The average Bonchev–Trinajstić information content (AvgIpc) is 2.55. The first-order chi connectivity index (χ1) is 7.91. The number of aliphatic hydroxyl groups excluding tert-OH is 1. The van der Waals surface area contributed by atoms with Gasteiger partial charge in [0.15, 0.2) is 0 Å². The minimum Gasteiger partial charge on any atom is -0.393 e. The van der Waals surface area contributed by atoms with Crippen molar-refractivity contribution >= 4 is 11.6 Å². The van der Waals surface area contributed by atoms with Crippen molar-refractivity contribution in [2.24, 2.45) is 0 Å². The molecule has 17 heavy (non-hydrogen) atoms. The Bertz CT molecular complexity index is 350. The normalized spacial score (nSPS) is 15.2. The van der Waals surface area contributed by atoms with Crippen molar-refractivity contribution in [1.82, 2.24) is 14.7 Å². The molecule has 0 bridgehead atoms. The lowest BCUT2D eigenvalue weighted by atomic mass is 10.0. The summed E-state index contributed by atoms with van der Waals surface area (Å²) in [5.41, 5.74) is 1.02. The molecule has 4 nitrogen and oxygen atoms in total. The molecule has 0 fully saturated rings. The molecule has 2 atom stereocenters. The van der Waals surface area contributed by atoms with E-state index in [0.717, 1.165) is 18.8 Å². The summed E-state index contributed by atoms with van der Waals surface area (Å²) in [5, 5.41) is 14.4. The van der Waals surface area contributed by atoms with Gasteiger partial charge in [0, 0.05) is 12.5 Å². The molecule has 5 heteroatoms. The summed E-state index contributed by atoms with van der Waals surface area (Å²) in [7, 11) is 4.06. The van der Waals surface area contributed by atoms with Crippen molar-refractivity contribution in [2.75, 3.05) is 20.6 Å². The zero-order valence-electron chi connectivity index (χ0n) is 11.0. The molecule has 1 heterocycles. The highest BCUT2D eigenvalue weighted by Crippen LogP contribution is 2.27. The molecule has 0 saturated carbocycles. The summed E-state index contributed by atoms with van der Waals surface area (Å²) in [6, 6.07) is 0. The van der Waals surface area contributed by atoms with Crippen LogP contribution in [0, 0.1) is 0 Å². The van der Waals surface area contributed by atoms with Gasteiger partial charge in [0.1, 0.15) is 0 Å². The number of hydrogen-bond donors (Lipinski definition) is 1. The molecule has 1 N–H and O–H groups in total. The van der Waals surface area contributed by atoms with E-state index in [9.17, 15) is 5.11 Å². The van der Waals surface area contributed by atoms with Crippen LogP contribution in [0.5, 0.6) is 0 Å². The van der Waals surface area contributed by atoms with E-state index in [1.54, 1.807) is 13.1 Å². The van der Waals surface area contributed by atoms with Crippen LogP contribution in [0.15, 0.2) is 6.20 Å². The number of rotatable bonds is 6. The highest BCUT2D eigenvalue weighted by Gasteiger charge is 2.17. The fourth-order valence-corrected chi connectivity index (χ4v) is 2.29. The van der Waals surface area contributed by atoms with Gasteiger partial charge in [-0.2, -0.15) is 5.10 Å². The fraction of sp³-hybridized carbons (Fsp3) is 0.750. The van der Waals surface area contributed by atoms with E-state index >= 15 is 0 Å². The lowest BCUT2D eigenvalue weighted by Crippen LogP contribution is -2.21. The first-order valence-electron chi connectivity index (χ1n) is 5.95. The maximum absolute atomic E-state index is 9.44. The summed E-state index contributed by atoms with van der Waals surface area (Å²) in [6.45, 7) is 5.61. The zero-order chi connectivity index (χ0) is 13.0. The lowest BCUT2D eigenvalue weighted by Gasteiger charge is -2.17. The Morgan fingerprint density at radius 3 is 2.65 bits per heavy atom. The molecule has 0 amide bonds. The van der Waals surface area contributed by atoms with Gasteiger partial charge in [0.25, 0.3) is 0 Å². The summed E-state index contributed by atoms with van der Waals surface area (Å²) in [4.78, 5) is 2.11. The van der Waals surface area contributed by atoms with Crippen molar-refractivity contribution in [3.63, 3.8) is 0 Å². The van der Waals surface area contributed by atoms with Crippen molar-refractivity contribution in [1.29, 1.82) is 0 Å². The van der Waals surface area contributed by atoms with Crippen molar-refractivity contribution in [2.45, 2.75) is 38.8 Å². The van der Waals surface area contributed by atoms with Crippen LogP contribution >= 0.6 is 11.6 Å². The van der Waals surface area contributed by atoms with Crippen molar-refractivity contribution in [3.8, 4) is 0 Å². The lowest BCUT2D eigenvalue weighted by molar-refractivity contribution is 0.175. The molecule has 0 aliphatic carbocycles. The highest BCUT2D eigenvalue weighted by molar-refractivity contribution is 6.31. The van der Waals surface area contributed by atoms with Crippen LogP contribution in [0.25, 0.3) is 0 Å². The molecule has 1 rings (SSSR count). The number of aliphatic hydroxyl groups is 1. The molecule has 0 spiro atoms. The molecule has 0 aromatic carbocycles. The molecular formula is C12H22ClN3O. The Morgan fingerprint density at radius 1 is 1.47 bits per heavy atom. The molecule has 0 aliphatic rings. The second kappa shape index (κ2) is 6.38. The first kappa shape index (κ1) is 14.5. The molecule has 0 saturated heterocycles. The van der Waals surface area contributed by atoms with E-state index in [4.69, 9.17) is 11.6 Å². The predicted octanol–water partition coefficient (Wildman–Crippen LogP) is 1.97. The van der Waals surface area contributed by atoms with Crippen molar-refractivity contribution < 1.29 is 5.11 Å². The van der Waals surface area contributed by atoms with Crippen LogP contribution < -0.4 is 0 Å². The van der Waals surface area contributed by atoms with E-state index < -0.39 is 0 Å². The average molecular weight is 260 g/mol. The minimum absolute atomic E-state index is 0.215. The Kier molecular flexibility index (Phi) is 5.43. The van der Waals surface area contributed by atoms with E-state index in [1.165, 1.54) is 0 Å². The monoisotopic (exact) mass is 259 g/mol. The Hall–Kier alpha value is -0.580. The van der Waals surface area contributed by atoms with E-state index in [1.807, 2.05) is 18.8 Å². The molecule has 0 radical (unpaired) electrons. The topological polar surface area (TPSA) is 41.3 Å². The summed E-state index contributed by atoms with van der Waals surface area (Å²) in [6.07, 6.45) is 2.07. The van der Waals surface area contributed by atoms with E-state index in [0.29, 0.717) is 11.4 Å². The van der Waals surface area contributed by atoms with Gasteiger partial charge in [-0.25, -0.2) is 0 Å². The van der Waals surface area contributed by atoms with Gasteiger partial charge >= 0.3 is 0 Å². The van der Waals surface area contributed by atoms with Gasteiger partial charge < -0.3 is 10.0 Å². The van der Waals surface area contributed by atoms with Crippen LogP contribution in [-0.2, 0) is 6.54 Å². The molecule has 1 aromatic rings. The largest absolute Gasteiger partial charge is 0.393 e. The van der Waals surface area contributed by atoms with Crippen LogP contribution in [0.3, 0.4) is 0 Å². The maximum Gasteiger partial charge on any atom is 0.0820 e. The van der Waals surface area contributed by atoms with Gasteiger partial charge in [0.2, 0.25) is 0 Å². The van der Waals surface area contributed by atoms with Gasteiger partial charge in [-0.1, -0.05) is 18.5 Å². The van der Waals surface area contributed by atoms with Gasteiger partial charge in [0.05, 0.1) is 29.6 Å². The number of hydrogen-bond acceptors (Lipinski definition) is 3. The second-order valence-corrected chi connectivity index (χ2v) is 5.30. The van der Waals surface area contributed by atoms with Crippen LogP contribution in [0.2, 0.25) is 5.02 Å². The third-order valence-corrected chi connectivity index (χ3v) is 3.04. The third kappa shape index (κ3) is 4.30. The number of nitrogens with zero attached hydrogens (tertiary/aromatic N) is 3. The number of likely N-dealkylation sites (N-methyl/N-ethyl adjacent to an activating group) is 1. The van der Waals surface area contributed by atoms with E-state index in [2.05, 4.69) is 16.9 Å². The summed E-state index contributed by atoms with van der Waals surface area (Å²) in [5.74, 6) is 0.215. The van der Waals surface area contributed by atoms with Gasteiger partial charge in [-0.15, -0.1) is 0 Å². The third-order valence-electron chi connectivity index (χ3n) is 2.75. The number of halogens is 1. The summed E-state index contributed by atoms with van der Waals surface area (Å²) < 4.78 is 1.94. The minimum atomic E-state index is -0.321. The summed E-state index contributed by atoms with van der Waals surface area (Å²) >= 11 is 6.16. The molecular weight excluding hydrogens is 238 g/mol. The second-order valence-electron chi connectivity index (χ2n) is 4.89. The fourth-order valence-electron chi connectivity index (χ4n) is 1.96. The zero-order valence-corrected chi connectivity index (χ0v) is 11.8. The van der Waals surface area contributed by atoms with Gasteiger partial charge in [-0.3, -0.25) is 4.68 Å². The quantitative estimate of drug-likeness (QED) is 0.849. The van der Waals surface area contributed by atoms with Crippen LogP contribution in [0.4, 0.5) is 0 Å². The molecule has 0 aliphatic heterocycles. The number of aromatic nitrogens is 2. The van der Waals surface area contributed by atoms with Crippen LogP contribution in [0.1, 0.15) is 31.9 Å². The molecule has 1 aromatic heterocycles. The Morgan fingerprint density at radius 2 is 2.12 bits per heavy atom. The predicted molar refractivity (Wildman–Crippen MR) is 70.5 cm³/mol. The Labute approximate surface area is 108 Å². The van der Waals surface area contributed by atoms with Gasteiger partial charge in [-0.05, 0) is 27.4 Å². The SMILES string of the molecule is CC(O)CC(C)c1c(Cl)cnn1CCN(C)C. The molecule has 2 unspecified atom stereocenters.